The summed E-state index contributed by atoms with van der Waals surface area (Å²) < 4.78 is 1.59. The predicted molar refractivity (Wildman–Crippen MR) is 69.0 cm³/mol. The van der Waals surface area contributed by atoms with Crippen LogP contribution in [0.3, 0.4) is 0 Å². The van der Waals surface area contributed by atoms with E-state index in [4.69, 9.17) is 5.73 Å². The summed E-state index contributed by atoms with van der Waals surface area (Å²) in [4.78, 5) is 24.7. The number of carboxylic acid groups (broad SMARTS) is 1. The van der Waals surface area contributed by atoms with E-state index < -0.39 is 17.3 Å². The minimum atomic E-state index is -0.825. The average molecular weight is 266 g/mol. The number of hydrogen-bond donors (Lipinski definition) is 2. The number of nitrogens with zero attached hydrogens (tertiary/aromatic N) is 3. The third-order valence-electron chi connectivity index (χ3n) is 3.73. The minimum absolute atomic E-state index is 0.349. The number of aliphatic carboxylic acids is 1. The van der Waals surface area contributed by atoms with Crippen molar-refractivity contribution in [2.24, 2.45) is 18.2 Å². The average Bonchev–Trinajstić information content (AvgIpc) is 2.80. The lowest BCUT2D eigenvalue weighted by atomic mass is 9.90. The summed E-state index contributed by atoms with van der Waals surface area (Å²) in [5.74, 6) is -0.756. The second-order valence-corrected chi connectivity index (χ2v) is 5.31. The molecular formula is C12H18N4O3. The summed E-state index contributed by atoms with van der Waals surface area (Å²) in [5.41, 5.74) is 5.53. The second-order valence-electron chi connectivity index (χ2n) is 5.31. The summed E-state index contributed by atoms with van der Waals surface area (Å²) in [5, 5.41) is 13.4. The highest BCUT2D eigenvalue weighted by atomic mass is 16.4. The molecule has 0 bridgehead atoms. The molecule has 1 aromatic heterocycles. The van der Waals surface area contributed by atoms with Gasteiger partial charge in [-0.3, -0.25) is 14.3 Å². The molecule has 1 aromatic rings. The topological polar surface area (TPSA) is 101 Å². The number of aromatic nitrogens is 2. The SMILES string of the molecule is Cc1nn(C)c(N2CCC(C)(C(=O)O)C2)c1C(N)=O. The highest BCUT2D eigenvalue weighted by molar-refractivity contribution is 5.99. The molecule has 0 spiro atoms. The van der Waals surface area contributed by atoms with Crippen LogP contribution in [0.5, 0.6) is 0 Å². The summed E-state index contributed by atoms with van der Waals surface area (Å²) in [6, 6.07) is 0. The largest absolute Gasteiger partial charge is 0.481 e. The Labute approximate surface area is 111 Å². The van der Waals surface area contributed by atoms with Gasteiger partial charge in [0.05, 0.1) is 11.1 Å². The quantitative estimate of drug-likeness (QED) is 0.809. The van der Waals surface area contributed by atoms with Crippen LogP contribution in [0.25, 0.3) is 0 Å². The molecule has 2 heterocycles. The summed E-state index contributed by atoms with van der Waals surface area (Å²) in [6.45, 7) is 4.35. The Balaban J connectivity index is 2.40. The van der Waals surface area contributed by atoms with Crippen molar-refractivity contribution in [1.29, 1.82) is 0 Å². The number of hydrogen-bond acceptors (Lipinski definition) is 4. The molecule has 0 radical (unpaired) electrons. The van der Waals surface area contributed by atoms with Gasteiger partial charge in [-0.25, -0.2) is 0 Å². The maximum Gasteiger partial charge on any atom is 0.311 e. The highest BCUT2D eigenvalue weighted by Crippen LogP contribution is 2.35. The smallest absolute Gasteiger partial charge is 0.311 e. The van der Waals surface area contributed by atoms with E-state index in [1.807, 2.05) is 4.90 Å². The fourth-order valence-electron chi connectivity index (χ4n) is 2.61. The van der Waals surface area contributed by atoms with Gasteiger partial charge in [0.2, 0.25) is 0 Å². The van der Waals surface area contributed by atoms with Gasteiger partial charge in [0, 0.05) is 20.1 Å². The number of primary amides is 1. The van der Waals surface area contributed by atoms with Crippen molar-refractivity contribution in [2.45, 2.75) is 20.3 Å². The van der Waals surface area contributed by atoms with Crippen molar-refractivity contribution in [2.75, 3.05) is 18.0 Å². The van der Waals surface area contributed by atoms with E-state index in [0.717, 1.165) is 0 Å². The molecule has 2 rings (SSSR count). The van der Waals surface area contributed by atoms with Crippen LogP contribution in [0.15, 0.2) is 0 Å². The van der Waals surface area contributed by atoms with E-state index in [9.17, 15) is 14.7 Å². The lowest BCUT2D eigenvalue weighted by Gasteiger charge is -2.22. The molecule has 1 aliphatic rings. The van der Waals surface area contributed by atoms with Crippen molar-refractivity contribution in [3.8, 4) is 0 Å². The van der Waals surface area contributed by atoms with Gasteiger partial charge < -0.3 is 15.7 Å². The van der Waals surface area contributed by atoms with Gasteiger partial charge in [0.25, 0.3) is 5.91 Å². The first-order valence-corrected chi connectivity index (χ1v) is 6.08. The molecule has 1 aliphatic heterocycles. The Hall–Kier alpha value is -2.05. The molecule has 1 saturated heterocycles. The number of nitrogens with two attached hydrogens (primary N) is 1. The first-order chi connectivity index (χ1) is 8.76. The van der Waals surface area contributed by atoms with Crippen LogP contribution in [0.1, 0.15) is 29.4 Å². The van der Waals surface area contributed by atoms with E-state index >= 15 is 0 Å². The fraction of sp³-hybridized carbons (Fsp3) is 0.583. The van der Waals surface area contributed by atoms with Crippen LogP contribution in [0.2, 0.25) is 0 Å². The Morgan fingerprint density at radius 1 is 1.47 bits per heavy atom. The molecule has 3 N–H and O–H groups in total. The molecule has 7 heteroatoms. The molecule has 0 aromatic carbocycles. The maximum atomic E-state index is 11.5. The van der Waals surface area contributed by atoms with Gasteiger partial charge in [0.15, 0.2) is 0 Å². The van der Waals surface area contributed by atoms with Crippen LogP contribution in [-0.4, -0.2) is 39.9 Å². The second kappa shape index (κ2) is 4.25. The fourth-order valence-corrected chi connectivity index (χ4v) is 2.61. The number of rotatable bonds is 3. The van der Waals surface area contributed by atoms with Gasteiger partial charge in [-0.1, -0.05) is 0 Å². The number of carbonyl (C=O) groups excluding carboxylic acids is 1. The molecule has 1 atom stereocenters. The number of carboxylic acids is 1. The van der Waals surface area contributed by atoms with Crippen molar-refractivity contribution < 1.29 is 14.7 Å². The maximum absolute atomic E-state index is 11.5. The zero-order chi connectivity index (χ0) is 14.4. The van der Waals surface area contributed by atoms with E-state index in [2.05, 4.69) is 5.10 Å². The van der Waals surface area contributed by atoms with Gasteiger partial charge in [-0.05, 0) is 20.3 Å². The highest BCUT2D eigenvalue weighted by Gasteiger charge is 2.42. The Morgan fingerprint density at radius 3 is 2.58 bits per heavy atom. The molecule has 7 nitrogen and oxygen atoms in total. The third kappa shape index (κ3) is 2.05. The van der Waals surface area contributed by atoms with E-state index in [-0.39, 0.29) is 0 Å². The Morgan fingerprint density at radius 2 is 2.11 bits per heavy atom. The van der Waals surface area contributed by atoms with Crippen molar-refractivity contribution in [3.05, 3.63) is 11.3 Å². The lowest BCUT2D eigenvalue weighted by Crippen LogP contribution is -2.33. The monoisotopic (exact) mass is 266 g/mol. The third-order valence-corrected chi connectivity index (χ3v) is 3.73. The van der Waals surface area contributed by atoms with E-state index in [0.29, 0.717) is 36.6 Å². The van der Waals surface area contributed by atoms with Crippen molar-refractivity contribution >= 4 is 17.7 Å². The van der Waals surface area contributed by atoms with Crippen LogP contribution in [0, 0.1) is 12.3 Å². The lowest BCUT2D eigenvalue weighted by molar-refractivity contribution is -0.146. The van der Waals surface area contributed by atoms with Gasteiger partial charge in [-0.2, -0.15) is 5.10 Å². The zero-order valence-electron chi connectivity index (χ0n) is 11.3. The van der Waals surface area contributed by atoms with Crippen LogP contribution < -0.4 is 10.6 Å². The number of amides is 1. The molecule has 0 saturated carbocycles. The molecule has 1 fully saturated rings. The van der Waals surface area contributed by atoms with Crippen LogP contribution in [-0.2, 0) is 11.8 Å². The number of carbonyl (C=O) groups is 2. The van der Waals surface area contributed by atoms with Crippen LogP contribution >= 0.6 is 0 Å². The number of aryl methyl sites for hydroxylation is 2. The predicted octanol–water partition coefficient (Wildman–Crippen LogP) is 0.128. The van der Waals surface area contributed by atoms with Crippen molar-refractivity contribution in [1.82, 2.24) is 9.78 Å². The number of anilines is 1. The van der Waals surface area contributed by atoms with Gasteiger partial charge in [-0.15, -0.1) is 0 Å². The summed E-state index contributed by atoms with van der Waals surface area (Å²) in [6.07, 6.45) is 0.533. The summed E-state index contributed by atoms with van der Waals surface area (Å²) in [7, 11) is 1.73. The van der Waals surface area contributed by atoms with E-state index in [1.165, 1.54) is 0 Å². The van der Waals surface area contributed by atoms with Gasteiger partial charge in [0.1, 0.15) is 11.4 Å². The molecular weight excluding hydrogens is 248 g/mol. The minimum Gasteiger partial charge on any atom is -0.481 e. The molecule has 1 amide bonds. The normalized spacial score (nSPS) is 22.8. The molecule has 104 valence electrons. The van der Waals surface area contributed by atoms with E-state index in [1.54, 1.807) is 25.6 Å². The first-order valence-electron chi connectivity index (χ1n) is 6.08. The first kappa shape index (κ1) is 13.4. The standard InChI is InChI=1S/C12H18N4O3/c1-7-8(9(13)17)10(15(3)14-7)16-5-4-12(2,6-16)11(18)19/h4-6H2,1-3H3,(H2,13,17)(H,18,19). The van der Waals surface area contributed by atoms with Crippen molar-refractivity contribution in [3.63, 3.8) is 0 Å². The Kier molecular flexibility index (Phi) is 3.00. The Bertz CT molecular complexity index is 551. The van der Waals surface area contributed by atoms with Gasteiger partial charge >= 0.3 is 5.97 Å². The molecule has 1 unspecified atom stereocenters. The zero-order valence-corrected chi connectivity index (χ0v) is 11.3. The molecule has 19 heavy (non-hydrogen) atoms. The molecule has 0 aliphatic carbocycles. The van der Waals surface area contributed by atoms with Crippen LogP contribution in [0.4, 0.5) is 5.82 Å². The summed E-state index contributed by atoms with van der Waals surface area (Å²) >= 11 is 0.